The van der Waals surface area contributed by atoms with Crippen LogP contribution in [0.1, 0.15) is 28.3 Å². The minimum absolute atomic E-state index is 0.279. The molecule has 1 amide bonds. The summed E-state index contributed by atoms with van der Waals surface area (Å²) < 4.78 is 19.5. The first kappa shape index (κ1) is 16.6. The van der Waals surface area contributed by atoms with Crippen molar-refractivity contribution in [1.29, 1.82) is 0 Å². The van der Waals surface area contributed by atoms with Gasteiger partial charge in [0.1, 0.15) is 12.2 Å². The fourth-order valence-electron chi connectivity index (χ4n) is 2.62. The zero-order chi connectivity index (χ0) is 18.7. The van der Waals surface area contributed by atoms with Gasteiger partial charge in [-0.3, -0.25) is 23.9 Å². The SMILES string of the molecule is [2H]C[C@@H](NC(=O)[C@H]1O[C@@H](n2ccc(=O)[nH]c2=O)[C@@H](OC)C1C)C(C)=O. The molecule has 5 atom stereocenters. The number of hydrogen-bond donors (Lipinski definition) is 2. The van der Waals surface area contributed by atoms with Crippen LogP contribution in [0, 0.1) is 5.92 Å². The van der Waals surface area contributed by atoms with E-state index in [0.29, 0.717) is 0 Å². The molecule has 2 N–H and O–H groups in total. The smallest absolute Gasteiger partial charge is 0.330 e. The molecule has 0 aromatic carbocycles. The van der Waals surface area contributed by atoms with Crippen LogP contribution in [-0.4, -0.2) is 46.6 Å². The molecule has 2 heterocycles. The van der Waals surface area contributed by atoms with Gasteiger partial charge in [0.05, 0.1) is 6.04 Å². The molecule has 2 rings (SSSR count). The van der Waals surface area contributed by atoms with Crippen molar-refractivity contribution in [3.05, 3.63) is 33.1 Å². The molecule has 0 saturated carbocycles. The fraction of sp³-hybridized carbons (Fsp3) is 0.600. The van der Waals surface area contributed by atoms with E-state index in [0.717, 1.165) is 4.57 Å². The van der Waals surface area contributed by atoms with E-state index in [4.69, 9.17) is 10.8 Å². The summed E-state index contributed by atoms with van der Waals surface area (Å²) in [5.74, 6) is -1.31. The van der Waals surface area contributed by atoms with Crippen LogP contribution < -0.4 is 16.6 Å². The third kappa shape index (κ3) is 3.46. The Labute approximate surface area is 139 Å². The van der Waals surface area contributed by atoms with Gasteiger partial charge in [-0.25, -0.2) is 4.79 Å². The molecule has 1 aromatic rings. The monoisotopic (exact) mass is 340 g/mol. The summed E-state index contributed by atoms with van der Waals surface area (Å²) in [6, 6.07) is 0.251. The largest absolute Gasteiger partial charge is 0.376 e. The zero-order valence-corrected chi connectivity index (χ0v) is 13.6. The highest BCUT2D eigenvalue weighted by molar-refractivity contribution is 5.89. The molecule has 9 nitrogen and oxygen atoms in total. The van der Waals surface area contributed by atoms with Crippen LogP contribution in [0.5, 0.6) is 0 Å². The number of carbonyl (C=O) groups is 2. The lowest BCUT2D eigenvalue weighted by Gasteiger charge is -2.20. The summed E-state index contributed by atoms with van der Waals surface area (Å²) in [6.45, 7) is 2.73. The molecule has 1 aliphatic rings. The number of H-pyrrole nitrogens is 1. The molecular formula is C15H21N3O6. The van der Waals surface area contributed by atoms with E-state index in [1.807, 2.05) is 0 Å². The molecular weight excluding hydrogens is 318 g/mol. The number of aromatic amines is 1. The normalized spacial score (nSPS) is 28.2. The Morgan fingerprint density at radius 2 is 2.21 bits per heavy atom. The summed E-state index contributed by atoms with van der Waals surface area (Å²) in [6.07, 6.45) is -1.23. The minimum atomic E-state index is -0.970. The second-order valence-electron chi connectivity index (χ2n) is 5.70. The topological polar surface area (TPSA) is 119 Å². The van der Waals surface area contributed by atoms with E-state index in [-0.39, 0.29) is 12.7 Å². The van der Waals surface area contributed by atoms with Crippen molar-refractivity contribution in [3.8, 4) is 0 Å². The number of hydrogen-bond acceptors (Lipinski definition) is 6. The maximum absolute atomic E-state index is 12.4. The van der Waals surface area contributed by atoms with Crippen molar-refractivity contribution in [2.24, 2.45) is 5.92 Å². The molecule has 1 saturated heterocycles. The van der Waals surface area contributed by atoms with Gasteiger partial charge in [0.15, 0.2) is 12.0 Å². The first-order valence-electron chi connectivity index (χ1n) is 8.10. The highest BCUT2D eigenvalue weighted by Gasteiger charge is 2.47. The van der Waals surface area contributed by atoms with Gasteiger partial charge in [0.25, 0.3) is 5.56 Å². The summed E-state index contributed by atoms with van der Waals surface area (Å²) >= 11 is 0. The fourth-order valence-corrected chi connectivity index (χ4v) is 2.62. The van der Waals surface area contributed by atoms with Crippen molar-refractivity contribution in [1.82, 2.24) is 14.9 Å². The predicted molar refractivity (Wildman–Crippen MR) is 83.5 cm³/mol. The molecule has 132 valence electrons. The number of amides is 1. The molecule has 9 heteroatoms. The van der Waals surface area contributed by atoms with E-state index < -0.39 is 47.6 Å². The first-order valence-corrected chi connectivity index (χ1v) is 7.40. The minimum Gasteiger partial charge on any atom is -0.376 e. The van der Waals surface area contributed by atoms with Gasteiger partial charge >= 0.3 is 5.69 Å². The Balaban J connectivity index is 2.25. The number of methoxy groups -OCH3 is 1. The average Bonchev–Trinajstić information content (AvgIpc) is 2.88. The summed E-state index contributed by atoms with van der Waals surface area (Å²) in [5, 5.41) is 2.48. The third-order valence-corrected chi connectivity index (χ3v) is 4.03. The van der Waals surface area contributed by atoms with E-state index in [1.165, 1.54) is 26.3 Å². The number of ketones is 1. The Bertz CT molecular complexity index is 760. The number of aromatic nitrogens is 2. The van der Waals surface area contributed by atoms with Gasteiger partial charge in [0, 0.05) is 26.7 Å². The van der Waals surface area contributed by atoms with E-state index in [2.05, 4.69) is 10.3 Å². The van der Waals surface area contributed by atoms with Crippen LogP contribution in [0.4, 0.5) is 0 Å². The standard InChI is InChI=1S/C15H21N3O6/c1-7-11(13(21)16-8(2)9(3)19)24-14(12(7)23-4)18-6-5-10(20)17-15(18)22/h5-8,11-12,14H,1-4H3,(H,16,21)(H,17,20,22)/t7?,8-,11+,12+,14-/m1/s1/i2D. The molecule has 0 spiro atoms. The lowest BCUT2D eigenvalue weighted by molar-refractivity contribution is -0.138. The number of rotatable bonds is 5. The van der Waals surface area contributed by atoms with Crippen molar-refractivity contribution >= 4 is 11.7 Å². The van der Waals surface area contributed by atoms with E-state index in [1.54, 1.807) is 6.92 Å². The van der Waals surface area contributed by atoms with Gasteiger partial charge in [-0.1, -0.05) is 6.92 Å². The summed E-state index contributed by atoms with van der Waals surface area (Å²) in [5.41, 5.74) is -1.23. The zero-order valence-electron chi connectivity index (χ0n) is 14.6. The van der Waals surface area contributed by atoms with Crippen molar-refractivity contribution < 1.29 is 20.4 Å². The quantitative estimate of drug-likeness (QED) is 0.723. The summed E-state index contributed by atoms with van der Waals surface area (Å²) in [7, 11) is 1.43. The van der Waals surface area contributed by atoms with Crippen molar-refractivity contribution in [3.63, 3.8) is 0 Å². The van der Waals surface area contributed by atoms with Crippen LogP contribution in [-0.2, 0) is 19.1 Å². The van der Waals surface area contributed by atoms with Gasteiger partial charge < -0.3 is 14.8 Å². The van der Waals surface area contributed by atoms with Crippen molar-refractivity contribution in [2.75, 3.05) is 7.11 Å². The average molecular weight is 340 g/mol. The molecule has 1 aliphatic heterocycles. The molecule has 0 bridgehead atoms. The maximum Gasteiger partial charge on any atom is 0.330 e. The molecule has 0 aliphatic carbocycles. The molecule has 24 heavy (non-hydrogen) atoms. The molecule has 0 radical (unpaired) electrons. The molecule has 1 aromatic heterocycles. The second-order valence-corrected chi connectivity index (χ2v) is 5.70. The molecule has 1 unspecified atom stereocenters. The van der Waals surface area contributed by atoms with E-state index >= 15 is 0 Å². The second kappa shape index (κ2) is 7.10. The lowest BCUT2D eigenvalue weighted by atomic mass is 9.99. The van der Waals surface area contributed by atoms with Crippen LogP contribution in [0.2, 0.25) is 0 Å². The first-order chi connectivity index (χ1) is 11.8. The number of nitrogens with one attached hydrogen (secondary N) is 2. The summed E-state index contributed by atoms with van der Waals surface area (Å²) in [4.78, 5) is 49.2. The highest BCUT2D eigenvalue weighted by Crippen LogP contribution is 2.34. The van der Waals surface area contributed by atoms with Crippen LogP contribution >= 0.6 is 0 Å². The highest BCUT2D eigenvalue weighted by atomic mass is 16.6. The van der Waals surface area contributed by atoms with Crippen LogP contribution in [0.15, 0.2) is 21.9 Å². The maximum atomic E-state index is 12.4. The predicted octanol–water partition coefficient (Wildman–Crippen LogP) is -0.821. The number of Topliss-reactive ketones (excluding diaryl/α,β-unsaturated/α-hetero) is 1. The Morgan fingerprint density at radius 1 is 1.50 bits per heavy atom. The van der Waals surface area contributed by atoms with Gasteiger partial charge in [-0.2, -0.15) is 0 Å². The number of ether oxygens (including phenoxy) is 2. The lowest BCUT2D eigenvalue weighted by Crippen LogP contribution is -2.45. The Kier molecular flexibility index (Phi) is 4.91. The van der Waals surface area contributed by atoms with Crippen LogP contribution in [0.25, 0.3) is 0 Å². The van der Waals surface area contributed by atoms with E-state index in [9.17, 15) is 19.2 Å². The van der Waals surface area contributed by atoms with Gasteiger partial charge in [-0.15, -0.1) is 0 Å². The number of carbonyl (C=O) groups excluding carboxylic acids is 2. The van der Waals surface area contributed by atoms with Gasteiger partial charge in [0.2, 0.25) is 5.91 Å². The Morgan fingerprint density at radius 3 is 2.75 bits per heavy atom. The number of nitrogens with zero attached hydrogens (tertiary/aromatic N) is 1. The molecule has 1 fully saturated rings. The van der Waals surface area contributed by atoms with Gasteiger partial charge in [-0.05, 0) is 13.8 Å². The van der Waals surface area contributed by atoms with Crippen molar-refractivity contribution in [2.45, 2.75) is 45.2 Å². The Hall–Kier alpha value is -2.26. The third-order valence-electron chi connectivity index (χ3n) is 4.03. The van der Waals surface area contributed by atoms with Crippen LogP contribution in [0.3, 0.4) is 0 Å².